The minimum atomic E-state index is -0.278. The Morgan fingerprint density at radius 2 is 1.93 bits per heavy atom. The SMILES string of the molecule is Cc1ccccc1CC(=O)N1CCc2nc(-c3ccc(F)cc3)ncc2C1. The van der Waals surface area contributed by atoms with E-state index in [1.54, 1.807) is 18.3 Å². The Labute approximate surface area is 157 Å². The van der Waals surface area contributed by atoms with E-state index in [-0.39, 0.29) is 11.7 Å². The zero-order valence-electron chi connectivity index (χ0n) is 15.2. The van der Waals surface area contributed by atoms with E-state index in [2.05, 4.69) is 9.97 Å². The molecule has 136 valence electrons. The molecule has 1 aliphatic heterocycles. The van der Waals surface area contributed by atoms with Gasteiger partial charge in [-0.05, 0) is 42.3 Å². The number of nitrogens with zero attached hydrogens (tertiary/aromatic N) is 3. The molecule has 4 rings (SSSR count). The third kappa shape index (κ3) is 3.72. The van der Waals surface area contributed by atoms with Crippen LogP contribution in [0, 0.1) is 12.7 Å². The van der Waals surface area contributed by atoms with Gasteiger partial charge >= 0.3 is 0 Å². The number of amides is 1. The molecular formula is C22H20FN3O. The predicted octanol–water partition coefficient (Wildman–Crippen LogP) is 3.72. The van der Waals surface area contributed by atoms with Crippen LogP contribution in [-0.2, 0) is 24.2 Å². The molecule has 3 aromatic rings. The summed E-state index contributed by atoms with van der Waals surface area (Å²) in [5, 5.41) is 0. The molecule has 2 aromatic carbocycles. The van der Waals surface area contributed by atoms with Crippen molar-refractivity contribution in [3.05, 3.63) is 82.9 Å². The number of carbonyl (C=O) groups excluding carboxylic acids is 1. The highest BCUT2D eigenvalue weighted by Crippen LogP contribution is 2.22. The van der Waals surface area contributed by atoms with Crippen LogP contribution in [0.25, 0.3) is 11.4 Å². The predicted molar refractivity (Wildman–Crippen MR) is 101 cm³/mol. The first-order chi connectivity index (χ1) is 13.1. The highest BCUT2D eigenvalue weighted by atomic mass is 19.1. The Hall–Kier alpha value is -3.08. The maximum Gasteiger partial charge on any atom is 0.227 e. The van der Waals surface area contributed by atoms with Gasteiger partial charge in [0.1, 0.15) is 5.82 Å². The fourth-order valence-corrected chi connectivity index (χ4v) is 3.35. The van der Waals surface area contributed by atoms with Crippen molar-refractivity contribution in [3.8, 4) is 11.4 Å². The van der Waals surface area contributed by atoms with Gasteiger partial charge in [0.15, 0.2) is 5.82 Å². The van der Waals surface area contributed by atoms with Gasteiger partial charge in [-0.25, -0.2) is 14.4 Å². The molecule has 4 nitrogen and oxygen atoms in total. The van der Waals surface area contributed by atoms with E-state index >= 15 is 0 Å². The number of fused-ring (bicyclic) bond motifs is 1. The first kappa shape index (κ1) is 17.3. The lowest BCUT2D eigenvalue weighted by atomic mass is 10.0. The number of rotatable bonds is 3. The topological polar surface area (TPSA) is 46.1 Å². The Balaban J connectivity index is 1.49. The van der Waals surface area contributed by atoms with E-state index in [1.165, 1.54) is 12.1 Å². The zero-order valence-corrected chi connectivity index (χ0v) is 15.2. The summed E-state index contributed by atoms with van der Waals surface area (Å²) in [5.74, 6) is 0.436. The van der Waals surface area contributed by atoms with E-state index in [0.717, 1.165) is 27.9 Å². The summed E-state index contributed by atoms with van der Waals surface area (Å²) in [5.41, 5.74) is 4.93. The van der Waals surface area contributed by atoms with Gasteiger partial charge in [0.2, 0.25) is 5.91 Å². The van der Waals surface area contributed by atoms with Crippen LogP contribution in [0.15, 0.2) is 54.7 Å². The molecule has 0 saturated heterocycles. The molecular weight excluding hydrogens is 341 g/mol. The monoisotopic (exact) mass is 361 g/mol. The molecule has 2 heterocycles. The van der Waals surface area contributed by atoms with Crippen LogP contribution in [0.1, 0.15) is 22.4 Å². The van der Waals surface area contributed by atoms with Crippen molar-refractivity contribution in [1.29, 1.82) is 0 Å². The van der Waals surface area contributed by atoms with Crippen molar-refractivity contribution in [2.75, 3.05) is 6.54 Å². The average Bonchev–Trinajstić information content (AvgIpc) is 2.69. The van der Waals surface area contributed by atoms with E-state index in [1.807, 2.05) is 36.1 Å². The maximum atomic E-state index is 13.1. The average molecular weight is 361 g/mol. The number of carbonyl (C=O) groups is 1. The lowest BCUT2D eigenvalue weighted by Gasteiger charge is -2.28. The van der Waals surface area contributed by atoms with Crippen molar-refractivity contribution in [1.82, 2.24) is 14.9 Å². The summed E-state index contributed by atoms with van der Waals surface area (Å²) in [6.45, 7) is 3.21. The molecule has 27 heavy (non-hydrogen) atoms. The molecule has 1 aromatic heterocycles. The van der Waals surface area contributed by atoms with E-state index < -0.39 is 0 Å². The fourth-order valence-electron chi connectivity index (χ4n) is 3.35. The molecule has 5 heteroatoms. The highest BCUT2D eigenvalue weighted by Gasteiger charge is 2.23. The van der Waals surface area contributed by atoms with Crippen molar-refractivity contribution in [3.63, 3.8) is 0 Å². The summed E-state index contributed by atoms with van der Waals surface area (Å²) >= 11 is 0. The molecule has 0 radical (unpaired) electrons. The largest absolute Gasteiger partial charge is 0.338 e. The van der Waals surface area contributed by atoms with Crippen molar-refractivity contribution >= 4 is 5.91 Å². The van der Waals surface area contributed by atoms with Crippen LogP contribution in [0.4, 0.5) is 4.39 Å². The normalized spacial score (nSPS) is 13.3. The highest BCUT2D eigenvalue weighted by molar-refractivity contribution is 5.79. The first-order valence-electron chi connectivity index (χ1n) is 9.03. The molecule has 0 N–H and O–H groups in total. The summed E-state index contributed by atoms with van der Waals surface area (Å²) in [6.07, 6.45) is 2.90. The van der Waals surface area contributed by atoms with E-state index in [9.17, 15) is 9.18 Å². The summed E-state index contributed by atoms with van der Waals surface area (Å²) in [4.78, 5) is 23.6. The molecule has 1 aliphatic rings. The van der Waals surface area contributed by atoms with E-state index in [0.29, 0.717) is 31.8 Å². The molecule has 0 unspecified atom stereocenters. The number of halogens is 1. The standard InChI is InChI=1S/C22H20FN3O/c1-15-4-2-3-5-17(15)12-21(27)26-11-10-20-18(14-26)13-24-22(25-20)16-6-8-19(23)9-7-16/h2-9,13H,10-12,14H2,1H3. The molecule has 0 atom stereocenters. The van der Waals surface area contributed by atoms with Crippen LogP contribution in [0.5, 0.6) is 0 Å². The van der Waals surface area contributed by atoms with Crippen molar-refractivity contribution in [2.24, 2.45) is 0 Å². The number of hydrogen-bond acceptors (Lipinski definition) is 3. The van der Waals surface area contributed by atoms with Crippen LogP contribution in [0.3, 0.4) is 0 Å². The molecule has 0 aliphatic carbocycles. The summed E-state index contributed by atoms with van der Waals surface area (Å²) in [6, 6.07) is 14.1. The Morgan fingerprint density at radius 3 is 2.70 bits per heavy atom. The van der Waals surface area contributed by atoms with E-state index in [4.69, 9.17) is 0 Å². The van der Waals surface area contributed by atoms with Gasteiger partial charge < -0.3 is 4.90 Å². The third-order valence-corrected chi connectivity index (χ3v) is 4.99. The molecule has 0 fully saturated rings. The quantitative estimate of drug-likeness (QED) is 0.714. The van der Waals surface area contributed by atoms with Gasteiger partial charge in [-0.1, -0.05) is 24.3 Å². The molecule has 1 amide bonds. The molecule has 0 saturated carbocycles. The van der Waals surface area contributed by atoms with Gasteiger partial charge in [0, 0.05) is 36.8 Å². The fraction of sp³-hybridized carbons (Fsp3) is 0.227. The van der Waals surface area contributed by atoms with Crippen molar-refractivity contribution < 1.29 is 9.18 Å². The third-order valence-electron chi connectivity index (χ3n) is 4.99. The second-order valence-corrected chi connectivity index (χ2v) is 6.84. The number of benzene rings is 2. The Bertz CT molecular complexity index is 985. The summed E-state index contributed by atoms with van der Waals surface area (Å²) < 4.78 is 13.1. The minimum absolute atomic E-state index is 0.123. The number of aryl methyl sites for hydroxylation is 1. The maximum absolute atomic E-state index is 13.1. The summed E-state index contributed by atoms with van der Waals surface area (Å²) in [7, 11) is 0. The second-order valence-electron chi connectivity index (χ2n) is 6.84. The van der Waals surface area contributed by atoms with Gasteiger partial charge in [-0.15, -0.1) is 0 Å². The van der Waals surface area contributed by atoms with Crippen LogP contribution in [-0.4, -0.2) is 27.3 Å². The lowest BCUT2D eigenvalue weighted by molar-refractivity contribution is -0.131. The number of aromatic nitrogens is 2. The van der Waals surface area contributed by atoms with Gasteiger partial charge in [-0.2, -0.15) is 0 Å². The van der Waals surface area contributed by atoms with Gasteiger partial charge in [0.05, 0.1) is 12.1 Å². The number of hydrogen-bond donors (Lipinski definition) is 0. The van der Waals surface area contributed by atoms with Crippen LogP contribution < -0.4 is 0 Å². The Morgan fingerprint density at radius 1 is 1.15 bits per heavy atom. The van der Waals surface area contributed by atoms with Crippen molar-refractivity contribution in [2.45, 2.75) is 26.3 Å². The van der Waals surface area contributed by atoms with Gasteiger partial charge in [-0.3, -0.25) is 4.79 Å². The minimum Gasteiger partial charge on any atom is -0.338 e. The smallest absolute Gasteiger partial charge is 0.227 e. The van der Waals surface area contributed by atoms with Crippen LogP contribution in [0.2, 0.25) is 0 Å². The molecule has 0 bridgehead atoms. The molecule has 0 spiro atoms. The second kappa shape index (κ2) is 7.27. The lowest BCUT2D eigenvalue weighted by Crippen LogP contribution is -2.37. The van der Waals surface area contributed by atoms with Gasteiger partial charge in [0.25, 0.3) is 0 Å². The van der Waals surface area contributed by atoms with Crippen LogP contribution >= 0.6 is 0 Å². The first-order valence-corrected chi connectivity index (χ1v) is 9.03. The zero-order chi connectivity index (χ0) is 18.8. The Kier molecular flexibility index (Phi) is 4.67.